The number of benzene rings is 1. The van der Waals surface area contributed by atoms with Crippen molar-refractivity contribution in [3.05, 3.63) is 29.8 Å². The second-order valence-corrected chi connectivity index (χ2v) is 2.86. The van der Waals surface area contributed by atoms with Gasteiger partial charge in [0.1, 0.15) is 0 Å². The van der Waals surface area contributed by atoms with Crippen molar-refractivity contribution >= 4 is 11.1 Å². The minimum atomic E-state index is -1.95. The van der Waals surface area contributed by atoms with Crippen molar-refractivity contribution in [2.24, 2.45) is 0 Å². The monoisotopic (exact) mass is 207 g/mol. The molecule has 1 aromatic carbocycles. The van der Waals surface area contributed by atoms with E-state index in [9.17, 15) is 4.21 Å². The summed E-state index contributed by atoms with van der Waals surface area (Å²) in [6.07, 6.45) is 0. The summed E-state index contributed by atoms with van der Waals surface area (Å²) in [7, 11) is 0. The molecule has 0 aliphatic heterocycles. The molecule has 1 rings (SSSR count). The van der Waals surface area contributed by atoms with Crippen LogP contribution in [0.3, 0.4) is 0 Å². The first-order chi connectivity index (χ1) is 5.24. The zero-order valence-electron chi connectivity index (χ0n) is 7.52. The van der Waals surface area contributed by atoms with Gasteiger partial charge in [-0.05, 0) is 24.3 Å². The fourth-order valence-corrected chi connectivity index (χ4v) is 1.01. The average molecular weight is 207 g/mol. The van der Waals surface area contributed by atoms with Crippen LogP contribution in [0, 0.1) is 11.3 Å². The first-order valence-electron chi connectivity index (χ1n) is 2.85. The standard InChI is InChI=1S/C7H5NO2S.K.H/c8-5-6-1-3-7(4-2-6)11(9)10;;/h1-4H,(H,9,10);;/q;+1;-1. The summed E-state index contributed by atoms with van der Waals surface area (Å²) in [4.78, 5) is 0.309. The van der Waals surface area contributed by atoms with Crippen LogP contribution in [0.5, 0.6) is 0 Å². The summed E-state index contributed by atoms with van der Waals surface area (Å²) in [5, 5.41) is 8.38. The molecule has 0 aliphatic rings. The summed E-state index contributed by atoms with van der Waals surface area (Å²) in [5.74, 6) is 0. The zero-order chi connectivity index (χ0) is 8.27. The predicted molar refractivity (Wildman–Crippen MR) is 41.3 cm³/mol. The summed E-state index contributed by atoms with van der Waals surface area (Å²) in [5.41, 5.74) is 0.485. The maximum Gasteiger partial charge on any atom is 1.00 e. The van der Waals surface area contributed by atoms with E-state index in [1.165, 1.54) is 24.3 Å². The molecule has 0 aliphatic carbocycles. The van der Waals surface area contributed by atoms with Gasteiger partial charge in [-0.25, -0.2) is 4.21 Å². The van der Waals surface area contributed by atoms with Crippen molar-refractivity contribution in [2.45, 2.75) is 4.90 Å². The summed E-state index contributed by atoms with van der Waals surface area (Å²) >= 11 is -1.95. The van der Waals surface area contributed by atoms with Gasteiger partial charge in [0.15, 0.2) is 11.1 Å². The maximum absolute atomic E-state index is 10.4. The van der Waals surface area contributed by atoms with Gasteiger partial charge in [-0.3, -0.25) is 0 Å². The molecular formula is C7H6KNO2S. The molecule has 5 heteroatoms. The fourth-order valence-electron chi connectivity index (χ4n) is 0.646. The molecule has 0 fully saturated rings. The van der Waals surface area contributed by atoms with Gasteiger partial charge in [0.2, 0.25) is 0 Å². The summed E-state index contributed by atoms with van der Waals surface area (Å²) in [6.45, 7) is 0. The number of rotatable bonds is 1. The zero-order valence-corrected chi connectivity index (χ0v) is 10.5. The van der Waals surface area contributed by atoms with Crippen molar-refractivity contribution in [1.82, 2.24) is 0 Å². The van der Waals surface area contributed by atoms with E-state index in [2.05, 4.69) is 0 Å². The third-order valence-electron chi connectivity index (χ3n) is 1.19. The van der Waals surface area contributed by atoms with Crippen molar-refractivity contribution in [3.8, 4) is 6.07 Å². The SMILES string of the molecule is N#Cc1ccc(S(=O)O)cc1.[H-].[K+]. The number of hydrogen-bond donors (Lipinski definition) is 1. The average Bonchev–Trinajstić information content (AvgIpc) is 2.05. The Morgan fingerprint density at radius 2 is 1.92 bits per heavy atom. The number of nitrogens with zero attached hydrogens (tertiary/aromatic N) is 1. The van der Waals surface area contributed by atoms with Crippen LogP contribution in [0.1, 0.15) is 6.99 Å². The molecule has 1 unspecified atom stereocenters. The molecule has 58 valence electrons. The van der Waals surface area contributed by atoms with Gasteiger partial charge >= 0.3 is 51.4 Å². The van der Waals surface area contributed by atoms with Crippen molar-refractivity contribution in [2.75, 3.05) is 0 Å². The first-order valence-corrected chi connectivity index (χ1v) is 3.96. The van der Waals surface area contributed by atoms with E-state index < -0.39 is 11.1 Å². The molecule has 0 saturated carbocycles. The Hall–Kier alpha value is 0.456. The van der Waals surface area contributed by atoms with Gasteiger partial charge in [0.25, 0.3) is 0 Å². The van der Waals surface area contributed by atoms with Gasteiger partial charge in [-0.2, -0.15) is 5.26 Å². The molecule has 0 aromatic heterocycles. The molecule has 1 N–H and O–H groups in total. The van der Waals surface area contributed by atoms with E-state index in [1.54, 1.807) is 0 Å². The van der Waals surface area contributed by atoms with E-state index in [0.717, 1.165) is 0 Å². The Morgan fingerprint density at radius 1 is 1.42 bits per heavy atom. The first kappa shape index (κ1) is 12.5. The van der Waals surface area contributed by atoms with Gasteiger partial charge in [-0.1, -0.05) is 0 Å². The van der Waals surface area contributed by atoms with E-state index >= 15 is 0 Å². The predicted octanol–water partition coefficient (Wildman–Crippen LogP) is -1.74. The van der Waals surface area contributed by atoms with Crippen LogP contribution in [-0.2, 0) is 11.1 Å². The summed E-state index contributed by atoms with van der Waals surface area (Å²) in [6, 6.07) is 7.83. The van der Waals surface area contributed by atoms with Crippen LogP contribution < -0.4 is 51.4 Å². The topological polar surface area (TPSA) is 61.1 Å². The molecular weight excluding hydrogens is 201 g/mol. The second-order valence-electron chi connectivity index (χ2n) is 1.89. The van der Waals surface area contributed by atoms with E-state index in [-0.39, 0.29) is 52.8 Å². The third-order valence-corrected chi connectivity index (χ3v) is 1.86. The molecule has 0 saturated heterocycles. The molecule has 0 bridgehead atoms. The van der Waals surface area contributed by atoms with Crippen LogP contribution in [0.2, 0.25) is 0 Å². The Kier molecular flexibility index (Phi) is 6.22. The summed E-state index contributed by atoms with van der Waals surface area (Å²) < 4.78 is 19.0. The second kappa shape index (κ2) is 5.99. The van der Waals surface area contributed by atoms with Crippen LogP contribution in [-0.4, -0.2) is 8.76 Å². The Bertz CT molecular complexity index is 322. The molecule has 3 nitrogen and oxygen atoms in total. The van der Waals surface area contributed by atoms with Gasteiger partial charge in [0.05, 0.1) is 16.5 Å². The third kappa shape index (κ3) is 3.45. The quantitative estimate of drug-likeness (QED) is 0.439. The van der Waals surface area contributed by atoms with Gasteiger partial charge in [-0.15, -0.1) is 0 Å². The van der Waals surface area contributed by atoms with E-state index in [0.29, 0.717) is 10.5 Å². The van der Waals surface area contributed by atoms with Crippen LogP contribution in [0.4, 0.5) is 0 Å². The fraction of sp³-hybridized carbons (Fsp3) is 0. The van der Waals surface area contributed by atoms with E-state index in [1.807, 2.05) is 6.07 Å². The van der Waals surface area contributed by atoms with Crippen molar-refractivity contribution in [1.29, 1.82) is 5.26 Å². The Morgan fingerprint density at radius 3 is 2.25 bits per heavy atom. The molecule has 1 atom stereocenters. The van der Waals surface area contributed by atoms with Crippen molar-refractivity contribution in [3.63, 3.8) is 0 Å². The van der Waals surface area contributed by atoms with E-state index in [4.69, 9.17) is 9.81 Å². The van der Waals surface area contributed by atoms with Crippen LogP contribution >= 0.6 is 0 Å². The molecule has 0 amide bonds. The van der Waals surface area contributed by atoms with Crippen LogP contribution in [0.15, 0.2) is 29.2 Å². The molecule has 0 radical (unpaired) electrons. The number of hydrogen-bond acceptors (Lipinski definition) is 2. The van der Waals surface area contributed by atoms with Gasteiger partial charge < -0.3 is 5.98 Å². The molecule has 12 heavy (non-hydrogen) atoms. The van der Waals surface area contributed by atoms with Crippen molar-refractivity contribution < 1.29 is 61.6 Å². The minimum absolute atomic E-state index is 0. The van der Waals surface area contributed by atoms with Crippen LogP contribution in [0.25, 0.3) is 0 Å². The normalized spacial score (nSPS) is 11.0. The smallest absolute Gasteiger partial charge is 1.00 e. The maximum atomic E-state index is 10.4. The molecule has 1 aromatic rings. The van der Waals surface area contributed by atoms with Gasteiger partial charge in [0, 0.05) is 0 Å². The minimum Gasteiger partial charge on any atom is -1.00 e. The molecule has 0 spiro atoms. The number of nitriles is 1. The largest absolute Gasteiger partial charge is 1.00 e. The Balaban J connectivity index is 0. The Labute approximate surface area is 117 Å². The molecule has 0 heterocycles.